The van der Waals surface area contributed by atoms with Crippen molar-refractivity contribution in [2.45, 2.75) is 18.0 Å². The molecule has 0 N–H and O–H groups in total. The Hall–Kier alpha value is -2.40. The lowest BCUT2D eigenvalue weighted by Gasteiger charge is -2.33. The molecule has 1 aliphatic heterocycles. The van der Waals surface area contributed by atoms with E-state index < -0.39 is 38.4 Å². The van der Waals surface area contributed by atoms with Crippen LogP contribution < -0.4 is 0 Å². The van der Waals surface area contributed by atoms with Crippen LogP contribution in [0.3, 0.4) is 0 Å². The molecule has 1 saturated heterocycles. The van der Waals surface area contributed by atoms with Crippen LogP contribution in [0.25, 0.3) is 0 Å². The highest BCUT2D eigenvalue weighted by Gasteiger charge is 2.36. The fourth-order valence-electron chi connectivity index (χ4n) is 2.85. The molecule has 28 heavy (non-hydrogen) atoms. The molecule has 2 aromatic rings. The van der Waals surface area contributed by atoms with E-state index in [2.05, 4.69) is 0 Å². The molecule has 0 aliphatic carbocycles. The zero-order valence-corrected chi connectivity index (χ0v) is 15.5. The number of furan rings is 1. The van der Waals surface area contributed by atoms with Gasteiger partial charge in [0.05, 0.1) is 5.56 Å². The minimum Gasteiger partial charge on any atom is -0.456 e. The highest BCUT2D eigenvalue weighted by atomic mass is 32.2. The predicted molar refractivity (Wildman–Crippen MR) is 89.5 cm³/mol. The molecule has 152 valence electrons. The number of carbonyl (C=O) groups is 1. The molecule has 0 bridgehead atoms. The molecule has 0 radical (unpaired) electrons. The molecule has 1 aromatic carbocycles. The number of amides is 1. The van der Waals surface area contributed by atoms with Crippen molar-refractivity contribution in [2.24, 2.45) is 0 Å². The van der Waals surface area contributed by atoms with Crippen molar-refractivity contribution in [3.05, 3.63) is 53.2 Å². The Labute approximate surface area is 158 Å². The number of carbonyl (C=O) groups excluding carboxylic acids is 1. The molecule has 1 amide bonds. The van der Waals surface area contributed by atoms with Gasteiger partial charge in [0.15, 0.2) is 5.76 Å². The van der Waals surface area contributed by atoms with Gasteiger partial charge in [0.2, 0.25) is 10.0 Å². The van der Waals surface area contributed by atoms with Crippen molar-refractivity contribution in [2.75, 3.05) is 26.2 Å². The van der Waals surface area contributed by atoms with Gasteiger partial charge < -0.3 is 9.32 Å². The second kappa shape index (κ2) is 7.21. The molecule has 6 nitrogen and oxygen atoms in total. The van der Waals surface area contributed by atoms with Gasteiger partial charge in [-0.2, -0.15) is 17.5 Å². The summed E-state index contributed by atoms with van der Waals surface area (Å²) in [5, 5.41) is 0. The van der Waals surface area contributed by atoms with E-state index in [-0.39, 0.29) is 38.0 Å². The Bertz CT molecular complexity index is 993. The van der Waals surface area contributed by atoms with Crippen LogP contribution in [0.2, 0.25) is 0 Å². The molecule has 1 fully saturated rings. The summed E-state index contributed by atoms with van der Waals surface area (Å²) < 4.78 is 83.9. The predicted octanol–water partition coefficient (Wildman–Crippen LogP) is 2.89. The summed E-state index contributed by atoms with van der Waals surface area (Å²) in [5.41, 5.74) is -1.26. The molecule has 1 aromatic heterocycles. The summed E-state index contributed by atoms with van der Waals surface area (Å²) >= 11 is 0. The number of benzene rings is 1. The first-order valence-corrected chi connectivity index (χ1v) is 9.67. The Morgan fingerprint density at radius 3 is 2.25 bits per heavy atom. The van der Waals surface area contributed by atoms with Crippen molar-refractivity contribution < 1.29 is 35.2 Å². The Morgan fingerprint density at radius 1 is 1.07 bits per heavy atom. The van der Waals surface area contributed by atoms with E-state index in [4.69, 9.17) is 4.42 Å². The number of nitrogens with zero attached hydrogens (tertiary/aromatic N) is 2. The largest absolute Gasteiger partial charge is 0.456 e. The number of piperazine rings is 1. The van der Waals surface area contributed by atoms with Gasteiger partial charge in [-0.3, -0.25) is 4.79 Å². The SMILES string of the molecule is Cc1ccc(C(=O)N2CCN(S(=O)(=O)c3cc(C(F)(F)F)ccc3F)CC2)o1. The van der Waals surface area contributed by atoms with E-state index in [0.717, 1.165) is 4.31 Å². The van der Waals surface area contributed by atoms with Crippen LogP contribution >= 0.6 is 0 Å². The Morgan fingerprint density at radius 2 is 1.71 bits per heavy atom. The molecule has 0 unspecified atom stereocenters. The molecule has 3 rings (SSSR count). The third-order valence-corrected chi connectivity index (χ3v) is 6.27. The lowest BCUT2D eigenvalue weighted by Crippen LogP contribution is -2.50. The summed E-state index contributed by atoms with van der Waals surface area (Å²) in [6.45, 7) is 1.31. The lowest BCUT2D eigenvalue weighted by molar-refractivity contribution is -0.137. The second-order valence-electron chi connectivity index (χ2n) is 6.25. The summed E-state index contributed by atoms with van der Waals surface area (Å²) in [6.07, 6.45) is -4.80. The number of alkyl halides is 3. The molecule has 1 aliphatic rings. The standard InChI is InChI=1S/C17H16F4N2O4S/c1-11-2-5-14(27-11)16(24)22-6-8-23(9-7-22)28(25,26)15-10-12(17(19,20)21)3-4-13(15)18/h2-5,10H,6-9H2,1H3. The van der Waals surface area contributed by atoms with Crippen molar-refractivity contribution in [3.8, 4) is 0 Å². The average Bonchev–Trinajstić information content (AvgIpc) is 3.07. The molecule has 11 heteroatoms. The van der Waals surface area contributed by atoms with Gasteiger partial charge in [0.25, 0.3) is 5.91 Å². The third-order valence-electron chi connectivity index (χ3n) is 4.35. The van der Waals surface area contributed by atoms with Crippen molar-refractivity contribution in [1.82, 2.24) is 9.21 Å². The normalized spacial score (nSPS) is 16.4. The molecule has 0 atom stereocenters. The quantitative estimate of drug-likeness (QED) is 0.716. The van der Waals surface area contributed by atoms with Gasteiger partial charge >= 0.3 is 6.18 Å². The van der Waals surface area contributed by atoms with Crippen LogP contribution in [0, 0.1) is 12.7 Å². The van der Waals surface area contributed by atoms with Gasteiger partial charge in [-0.05, 0) is 37.3 Å². The van der Waals surface area contributed by atoms with Crippen LogP contribution in [0.4, 0.5) is 17.6 Å². The summed E-state index contributed by atoms with van der Waals surface area (Å²) in [6, 6.07) is 4.36. The molecular formula is C17H16F4N2O4S. The first-order valence-electron chi connectivity index (χ1n) is 8.23. The average molecular weight is 420 g/mol. The van der Waals surface area contributed by atoms with Gasteiger partial charge in [0, 0.05) is 26.2 Å². The zero-order chi connectivity index (χ0) is 20.7. The fraction of sp³-hybridized carbons (Fsp3) is 0.353. The molecule has 0 spiro atoms. The van der Waals surface area contributed by atoms with E-state index >= 15 is 0 Å². The summed E-state index contributed by atoms with van der Waals surface area (Å²) in [5.74, 6) is -1.03. The van der Waals surface area contributed by atoms with Crippen molar-refractivity contribution in [3.63, 3.8) is 0 Å². The molecular weight excluding hydrogens is 404 g/mol. The van der Waals surface area contributed by atoms with E-state index in [1.54, 1.807) is 13.0 Å². The third kappa shape index (κ3) is 3.90. The van der Waals surface area contributed by atoms with Crippen LogP contribution in [-0.2, 0) is 16.2 Å². The number of rotatable bonds is 3. The Kier molecular flexibility index (Phi) is 5.24. The minimum absolute atomic E-state index is 0.00160. The van der Waals surface area contributed by atoms with Crippen LogP contribution in [0.15, 0.2) is 39.6 Å². The van der Waals surface area contributed by atoms with Crippen LogP contribution in [0.5, 0.6) is 0 Å². The minimum atomic E-state index is -4.80. The maximum Gasteiger partial charge on any atom is 0.416 e. The highest BCUT2D eigenvalue weighted by Crippen LogP contribution is 2.32. The molecule has 2 heterocycles. The number of sulfonamides is 1. The van der Waals surface area contributed by atoms with Gasteiger partial charge in [0.1, 0.15) is 16.5 Å². The Balaban J connectivity index is 1.77. The van der Waals surface area contributed by atoms with Crippen LogP contribution in [0.1, 0.15) is 21.9 Å². The van der Waals surface area contributed by atoms with Crippen LogP contribution in [-0.4, -0.2) is 49.7 Å². The number of halogens is 4. The van der Waals surface area contributed by atoms with Crippen molar-refractivity contribution >= 4 is 15.9 Å². The zero-order valence-electron chi connectivity index (χ0n) is 14.7. The maximum absolute atomic E-state index is 14.0. The number of hydrogen-bond acceptors (Lipinski definition) is 4. The fourth-order valence-corrected chi connectivity index (χ4v) is 4.37. The van der Waals surface area contributed by atoms with Crippen molar-refractivity contribution in [1.29, 1.82) is 0 Å². The van der Waals surface area contributed by atoms with E-state index in [0.29, 0.717) is 17.9 Å². The van der Waals surface area contributed by atoms with Gasteiger partial charge in [-0.1, -0.05) is 0 Å². The van der Waals surface area contributed by atoms with E-state index in [1.807, 2.05) is 0 Å². The van der Waals surface area contributed by atoms with E-state index in [1.165, 1.54) is 11.0 Å². The van der Waals surface area contributed by atoms with E-state index in [9.17, 15) is 30.8 Å². The van der Waals surface area contributed by atoms with Gasteiger partial charge in [-0.15, -0.1) is 0 Å². The summed E-state index contributed by atoms with van der Waals surface area (Å²) in [7, 11) is -4.49. The first-order chi connectivity index (χ1) is 13.0. The highest BCUT2D eigenvalue weighted by molar-refractivity contribution is 7.89. The van der Waals surface area contributed by atoms with Gasteiger partial charge in [-0.25, -0.2) is 12.8 Å². The second-order valence-corrected chi connectivity index (χ2v) is 8.16. The molecule has 0 saturated carbocycles. The smallest absolute Gasteiger partial charge is 0.416 e. The summed E-state index contributed by atoms with van der Waals surface area (Å²) in [4.78, 5) is 12.7. The monoisotopic (exact) mass is 420 g/mol. The number of hydrogen-bond donors (Lipinski definition) is 0. The topological polar surface area (TPSA) is 70.8 Å². The number of aryl methyl sites for hydroxylation is 1. The maximum atomic E-state index is 14.0. The first kappa shape index (κ1) is 20.3. The lowest BCUT2D eigenvalue weighted by atomic mass is 10.2.